The van der Waals surface area contributed by atoms with Crippen molar-refractivity contribution in [3.05, 3.63) is 35.9 Å². The first-order chi connectivity index (χ1) is 11.1. The molecule has 1 aliphatic heterocycles. The molecule has 4 nitrogen and oxygen atoms in total. The van der Waals surface area contributed by atoms with Crippen molar-refractivity contribution in [1.82, 2.24) is 10.6 Å². The predicted molar refractivity (Wildman–Crippen MR) is 93.2 cm³/mol. The molecule has 0 bridgehead atoms. The van der Waals surface area contributed by atoms with Crippen molar-refractivity contribution in [2.24, 2.45) is 5.92 Å². The Hall–Kier alpha value is -1.39. The van der Waals surface area contributed by atoms with Crippen LogP contribution in [0, 0.1) is 5.92 Å². The van der Waals surface area contributed by atoms with Crippen molar-refractivity contribution >= 4 is 5.91 Å². The summed E-state index contributed by atoms with van der Waals surface area (Å²) in [7, 11) is 0. The van der Waals surface area contributed by atoms with Crippen molar-refractivity contribution in [3.8, 4) is 0 Å². The molecule has 2 N–H and O–H groups in total. The van der Waals surface area contributed by atoms with Crippen LogP contribution in [0.5, 0.6) is 0 Å². The predicted octanol–water partition coefficient (Wildman–Crippen LogP) is 3.05. The molecular weight excluding hydrogens is 288 g/mol. The molecule has 23 heavy (non-hydrogen) atoms. The average molecular weight is 318 g/mol. The first-order valence-electron chi connectivity index (χ1n) is 8.74. The van der Waals surface area contributed by atoms with Crippen molar-refractivity contribution in [1.29, 1.82) is 0 Å². The molecule has 1 aromatic rings. The van der Waals surface area contributed by atoms with E-state index in [9.17, 15) is 4.79 Å². The molecule has 0 saturated carbocycles. The highest BCUT2D eigenvalue weighted by molar-refractivity contribution is 5.78. The molecule has 1 aliphatic rings. The summed E-state index contributed by atoms with van der Waals surface area (Å²) in [4.78, 5) is 12.1. The zero-order valence-electron chi connectivity index (χ0n) is 14.6. The number of carbonyl (C=O) groups is 1. The van der Waals surface area contributed by atoms with Gasteiger partial charge in [0.2, 0.25) is 5.91 Å². The normalized spacial score (nSPS) is 19.8. The van der Waals surface area contributed by atoms with Gasteiger partial charge in [-0.25, -0.2) is 0 Å². The monoisotopic (exact) mass is 318 g/mol. The van der Waals surface area contributed by atoms with Crippen molar-refractivity contribution < 1.29 is 9.53 Å². The maximum absolute atomic E-state index is 12.1. The molecule has 1 fully saturated rings. The summed E-state index contributed by atoms with van der Waals surface area (Å²) in [6.45, 7) is 8.36. The van der Waals surface area contributed by atoms with Gasteiger partial charge in [-0.1, -0.05) is 44.2 Å². The molecule has 1 saturated heterocycles. The van der Waals surface area contributed by atoms with Gasteiger partial charge in [0.15, 0.2) is 0 Å². The van der Waals surface area contributed by atoms with Crippen LogP contribution >= 0.6 is 0 Å². The lowest BCUT2D eigenvalue weighted by Gasteiger charge is -2.40. The van der Waals surface area contributed by atoms with Crippen LogP contribution in [0.1, 0.15) is 51.6 Å². The average Bonchev–Trinajstić information content (AvgIpc) is 2.60. The molecule has 1 aromatic carbocycles. The van der Waals surface area contributed by atoms with Crippen LogP contribution in [0.2, 0.25) is 0 Å². The van der Waals surface area contributed by atoms with E-state index in [0.29, 0.717) is 6.54 Å². The van der Waals surface area contributed by atoms with E-state index in [0.717, 1.165) is 32.5 Å². The van der Waals surface area contributed by atoms with E-state index >= 15 is 0 Å². The van der Waals surface area contributed by atoms with Crippen LogP contribution in [-0.2, 0) is 9.53 Å². The van der Waals surface area contributed by atoms with Gasteiger partial charge < -0.3 is 15.4 Å². The highest BCUT2D eigenvalue weighted by atomic mass is 16.5. The molecular formula is C19H30N2O2. The minimum absolute atomic E-state index is 0.0680. The van der Waals surface area contributed by atoms with Gasteiger partial charge in [0.1, 0.15) is 0 Å². The summed E-state index contributed by atoms with van der Waals surface area (Å²) in [5.74, 6) is 0.214. The lowest BCUT2D eigenvalue weighted by molar-refractivity contribution is -0.125. The number of carbonyl (C=O) groups excluding carboxylic acids is 1. The molecule has 0 spiro atoms. The van der Waals surface area contributed by atoms with E-state index in [1.807, 2.05) is 19.9 Å². The molecule has 0 unspecified atom stereocenters. The third-order valence-corrected chi connectivity index (χ3v) is 4.93. The van der Waals surface area contributed by atoms with Crippen LogP contribution in [0.4, 0.5) is 0 Å². The highest BCUT2D eigenvalue weighted by Gasteiger charge is 2.34. The fraction of sp³-hybridized carbons (Fsp3) is 0.632. The van der Waals surface area contributed by atoms with E-state index in [-0.39, 0.29) is 23.4 Å². The number of hydrogen-bond donors (Lipinski definition) is 2. The largest absolute Gasteiger partial charge is 0.381 e. The minimum atomic E-state index is -0.0867. The fourth-order valence-electron chi connectivity index (χ4n) is 3.03. The number of amides is 1. The van der Waals surface area contributed by atoms with Gasteiger partial charge in [-0.3, -0.25) is 4.79 Å². The lowest BCUT2D eigenvalue weighted by Crippen LogP contribution is -2.57. The number of ether oxygens (including phenoxy) is 1. The topological polar surface area (TPSA) is 50.4 Å². The Kier molecular flexibility index (Phi) is 6.60. The van der Waals surface area contributed by atoms with E-state index in [4.69, 9.17) is 4.74 Å². The van der Waals surface area contributed by atoms with Gasteiger partial charge in [0.05, 0.1) is 0 Å². The molecule has 0 aromatic heterocycles. The second-order valence-corrected chi connectivity index (χ2v) is 6.70. The summed E-state index contributed by atoms with van der Waals surface area (Å²) in [6.07, 6.45) is 2.71. The maximum atomic E-state index is 12.1. The molecule has 1 heterocycles. The van der Waals surface area contributed by atoms with Crippen LogP contribution in [-0.4, -0.2) is 31.2 Å². The zero-order valence-corrected chi connectivity index (χ0v) is 14.6. The number of nitrogens with one attached hydrogen (secondary N) is 2. The Morgan fingerprint density at radius 1 is 1.22 bits per heavy atom. The highest BCUT2D eigenvalue weighted by Crippen LogP contribution is 2.25. The molecule has 4 heteroatoms. The zero-order chi connectivity index (χ0) is 16.7. The van der Waals surface area contributed by atoms with Crippen molar-refractivity contribution in [3.63, 3.8) is 0 Å². The molecule has 2 rings (SSSR count). The van der Waals surface area contributed by atoms with E-state index < -0.39 is 0 Å². The van der Waals surface area contributed by atoms with E-state index in [2.05, 4.69) is 41.8 Å². The fourth-order valence-corrected chi connectivity index (χ4v) is 3.03. The standard InChI is InChI=1S/C19H30N2O2/c1-4-15(2)18(22)20-14-19(10-12-23-13-11-19)21-16(3)17-8-6-5-7-9-17/h5-9,15-16,21H,4,10-14H2,1-3H3,(H,20,22)/t15-,16-/m1/s1. The number of benzene rings is 1. The van der Waals surface area contributed by atoms with Gasteiger partial charge in [0.25, 0.3) is 0 Å². The lowest BCUT2D eigenvalue weighted by atomic mass is 9.88. The van der Waals surface area contributed by atoms with Crippen molar-refractivity contribution in [2.75, 3.05) is 19.8 Å². The Bertz CT molecular complexity index is 483. The summed E-state index contributed by atoms with van der Waals surface area (Å²) in [6, 6.07) is 10.7. The first-order valence-corrected chi connectivity index (χ1v) is 8.74. The number of hydrogen-bond acceptors (Lipinski definition) is 3. The Balaban J connectivity index is 2.02. The SMILES string of the molecule is CC[C@@H](C)C(=O)NCC1(N[C@H](C)c2ccccc2)CCOCC1. The first kappa shape index (κ1) is 18.0. The number of rotatable bonds is 7. The summed E-state index contributed by atoms with van der Waals surface area (Å²) in [5, 5.41) is 6.91. The van der Waals surface area contributed by atoms with Crippen molar-refractivity contribution in [2.45, 2.75) is 51.6 Å². The molecule has 2 atom stereocenters. The smallest absolute Gasteiger partial charge is 0.222 e. The van der Waals surface area contributed by atoms with E-state index in [1.165, 1.54) is 5.56 Å². The minimum Gasteiger partial charge on any atom is -0.381 e. The molecule has 128 valence electrons. The van der Waals surface area contributed by atoms with Gasteiger partial charge >= 0.3 is 0 Å². The quantitative estimate of drug-likeness (QED) is 0.812. The summed E-state index contributed by atoms with van der Waals surface area (Å²) in [5.41, 5.74) is 1.18. The Morgan fingerprint density at radius 2 is 1.87 bits per heavy atom. The summed E-state index contributed by atoms with van der Waals surface area (Å²) >= 11 is 0. The third-order valence-electron chi connectivity index (χ3n) is 4.93. The van der Waals surface area contributed by atoms with E-state index in [1.54, 1.807) is 0 Å². The van der Waals surface area contributed by atoms with Gasteiger partial charge in [-0.05, 0) is 31.7 Å². The second kappa shape index (κ2) is 8.46. The van der Waals surface area contributed by atoms with Crippen LogP contribution in [0.15, 0.2) is 30.3 Å². The molecule has 0 radical (unpaired) electrons. The van der Waals surface area contributed by atoms with Crippen LogP contribution in [0.3, 0.4) is 0 Å². The van der Waals surface area contributed by atoms with Gasteiger partial charge in [-0.15, -0.1) is 0 Å². The molecule has 0 aliphatic carbocycles. The van der Waals surface area contributed by atoms with Gasteiger partial charge in [-0.2, -0.15) is 0 Å². The van der Waals surface area contributed by atoms with Crippen LogP contribution < -0.4 is 10.6 Å². The van der Waals surface area contributed by atoms with Crippen LogP contribution in [0.25, 0.3) is 0 Å². The Morgan fingerprint density at radius 3 is 2.48 bits per heavy atom. The maximum Gasteiger partial charge on any atom is 0.222 e. The molecule has 1 amide bonds. The summed E-state index contributed by atoms with van der Waals surface area (Å²) < 4.78 is 5.53. The Labute approximate surface area is 140 Å². The second-order valence-electron chi connectivity index (χ2n) is 6.70. The van der Waals surface area contributed by atoms with Gasteiger partial charge in [0, 0.05) is 37.3 Å². The third kappa shape index (κ3) is 5.05.